The van der Waals surface area contributed by atoms with Gasteiger partial charge in [-0.05, 0) is 38.5 Å². The SMILES string of the molecule is CC(C)OCCCNC(=O)c1ccc(N)c(N)c1. The first-order valence-corrected chi connectivity index (χ1v) is 6.05. The maximum Gasteiger partial charge on any atom is 0.251 e. The molecule has 0 aliphatic heterocycles. The van der Waals surface area contributed by atoms with Crippen LogP contribution in [0.3, 0.4) is 0 Å². The minimum Gasteiger partial charge on any atom is -0.397 e. The van der Waals surface area contributed by atoms with Crippen LogP contribution >= 0.6 is 0 Å². The van der Waals surface area contributed by atoms with Gasteiger partial charge in [-0.25, -0.2) is 0 Å². The molecule has 0 fully saturated rings. The van der Waals surface area contributed by atoms with Crippen molar-refractivity contribution < 1.29 is 9.53 Å². The topological polar surface area (TPSA) is 90.4 Å². The van der Waals surface area contributed by atoms with Gasteiger partial charge < -0.3 is 21.5 Å². The van der Waals surface area contributed by atoms with Crippen LogP contribution in [0.1, 0.15) is 30.6 Å². The maximum absolute atomic E-state index is 11.8. The average molecular weight is 251 g/mol. The summed E-state index contributed by atoms with van der Waals surface area (Å²) in [6.07, 6.45) is 1.01. The molecule has 0 radical (unpaired) electrons. The maximum atomic E-state index is 11.8. The van der Waals surface area contributed by atoms with Crippen LogP contribution in [0.5, 0.6) is 0 Å². The highest BCUT2D eigenvalue weighted by Crippen LogP contribution is 2.15. The van der Waals surface area contributed by atoms with Gasteiger partial charge in [-0.1, -0.05) is 0 Å². The fraction of sp³-hybridized carbons (Fsp3) is 0.462. The minimum absolute atomic E-state index is 0.147. The van der Waals surface area contributed by atoms with E-state index in [-0.39, 0.29) is 12.0 Å². The lowest BCUT2D eigenvalue weighted by molar-refractivity contribution is 0.0757. The van der Waals surface area contributed by atoms with Crippen molar-refractivity contribution in [3.63, 3.8) is 0 Å². The summed E-state index contributed by atoms with van der Waals surface area (Å²) in [6, 6.07) is 4.87. The van der Waals surface area contributed by atoms with Crippen LogP contribution in [0.4, 0.5) is 11.4 Å². The molecule has 1 amide bonds. The molecule has 1 aromatic carbocycles. The number of ether oxygens (including phenoxy) is 1. The highest BCUT2D eigenvalue weighted by atomic mass is 16.5. The number of nitrogens with one attached hydrogen (secondary N) is 1. The number of hydrogen-bond donors (Lipinski definition) is 3. The first kappa shape index (κ1) is 14.3. The van der Waals surface area contributed by atoms with Crippen molar-refractivity contribution in [3.05, 3.63) is 23.8 Å². The zero-order valence-electron chi connectivity index (χ0n) is 10.9. The molecule has 0 saturated heterocycles. The lowest BCUT2D eigenvalue weighted by Crippen LogP contribution is -2.25. The van der Waals surface area contributed by atoms with Gasteiger partial charge in [0.15, 0.2) is 0 Å². The molecule has 0 spiro atoms. The Hall–Kier alpha value is -1.75. The summed E-state index contributed by atoms with van der Waals surface area (Å²) < 4.78 is 5.38. The van der Waals surface area contributed by atoms with Gasteiger partial charge >= 0.3 is 0 Å². The van der Waals surface area contributed by atoms with Crippen LogP contribution in [0.2, 0.25) is 0 Å². The standard InChI is InChI=1S/C13H21N3O2/c1-9(2)18-7-3-6-16-13(17)10-4-5-11(14)12(15)8-10/h4-5,8-9H,3,6-7,14-15H2,1-2H3,(H,16,17). The third kappa shape index (κ3) is 4.63. The Kier molecular flexibility index (Phi) is 5.45. The number of carbonyl (C=O) groups excluding carboxylic acids is 1. The number of benzene rings is 1. The molecule has 0 aliphatic rings. The normalized spacial score (nSPS) is 10.6. The highest BCUT2D eigenvalue weighted by molar-refractivity contribution is 5.95. The third-order valence-corrected chi connectivity index (χ3v) is 2.41. The fourth-order valence-electron chi connectivity index (χ4n) is 1.41. The summed E-state index contributed by atoms with van der Waals surface area (Å²) in [4.78, 5) is 11.8. The summed E-state index contributed by atoms with van der Waals surface area (Å²) >= 11 is 0. The van der Waals surface area contributed by atoms with Crippen molar-refractivity contribution in [3.8, 4) is 0 Å². The van der Waals surface area contributed by atoms with Gasteiger partial charge in [-0.3, -0.25) is 4.79 Å². The van der Waals surface area contributed by atoms with E-state index in [1.165, 1.54) is 0 Å². The molecule has 5 heteroatoms. The molecule has 5 N–H and O–H groups in total. The number of nitrogens with two attached hydrogens (primary N) is 2. The van der Waals surface area contributed by atoms with Crippen LogP contribution in [0.15, 0.2) is 18.2 Å². The van der Waals surface area contributed by atoms with Crippen molar-refractivity contribution in [2.45, 2.75) is 26.4 Å². The van der Waals surface area contributed by atoms with E-state index in [0.29, 0.717) is 30.1 Å². The molecule has 0 unspecified atom stereocenters. The molecule has 0 aliphatic carbocycles. The number of hydrogen-bond acceptors (Lipinski definition) is 4. The molecule has 18 heavy (non-hydrogen) atoms. The molecule has 0 atom stereocenters. The van der Waals surface area contributed by atoms with E-state index in [1.54, 1.807) is 18.2 Å². The number of amides is 1. The first-order chi connectivity index (χ1) is 8.50. The molecule has 0 heterocycles. The van der Waals surface area contributed by atoms with Crippen LogP contribution < -0.4 is 16.8 Å². The lowest BCUT2D eigenvalue weighted by atomic mass is 10.1. The Morgan fingerprint density at radius 2 is 2.06 bits per heavy atom. The van der Waals surface area contributed by atoms with Gasteiger partial charge in [-0.15, -0.1) is 0 Å². The largest absolute Gasteiger partial charge is 0.397 e. The minimum atomic E-state index is -0.147. The monoisotopic (exact) mass is 251 g/mol. The zero-order valence-corrected chi connectivity index (χ0v) is 10.9. The van der Waals surface area contributed by atoms with Gasteiger partial charge in [0, 0.05) is 18.7 Å². The predicted molar refractivity (Wildman–Crippen MR) is 73.3 cm³/mol. The zero-order chi connectivity index (χ0) is 13.5. The van der Waals surface area contributed by atoms with E-state index >= 15 is 0 Å². The van der Waals surface area contributed by atoms with Crippen molar-refractivity contribution in [1.82, 2.24) is 5.32 Å². The summed E-state index contributed by atoms with van der Waals surface area (Å²) in [6.45, 7) is 5.18. The van der Waals surface area contributed by atoms with Crippen molar-refractivity contribution in [2.75, 3.05) is 24.6 Å². The second kappa shape index (κ2) is 6.86. The van der Waals surface area contributed by atoms with E-state index in [2.05, 4.69) is 5.32 Å². The quantitative estimate of drug-likeness (QED) is 0.526. The third-order valence-electron chi connectivity index (χ3n) is 2.41. The second-order valence-corrected chi connectivity index (χ2v) is 4.37. The van der Waals surface area contributed by atoms with Gasteiger partial charge in [-0.2, -0.15) is 0 Å². The van der Waals surface area contributed by atoms with Gasteiger partial charge in [0.25, 0.3) is 5.91 Å². The van der Waals surface area contributed by atoms with Crippen molar-refractivity contribution in [2.24, 2.45) is 0 Å². The molecular weight excluding hydrogens is 230 g/mol. The average Bonchev–Trinajstić information content (AvgIpc) is 2.31. The van der Waals surface area contributed by atoms with Crippen LogP contribution in [0.25, 0.3) is 0 Å². The smallest absolute Gasteiger partial charge is 0.251 e. The molecule has 5 nitrogen and oxygen atoms in total. The second-order valence-electron chi connectivity index (χ2n) is 4.37. The summed E-state index contributed by atoms with van der Waals surface area (Å²) in [5.74, 6) is -0.147. The Bertz CT molecular complexity index is 405. The van der Waals surface area contributed by atoms with Gasteiger partial charge in [0.1, 0.15) is 0 Å². The predicted octanol–water partition coefficient (Wildman–Crippen LogP) is 1.40. The summed E-state index contributed by atoms with van der Waals surface area (Å²) in [5, 5.41) is 2.80. The van der Waals surface area contributed by atoms with E-state index in [0.717, 1.165) is 6.42 Å². The molecule has 100 valence electrons. The Morgan fingerprint density at radius 3 is 2.67 bits per heavy atom. The Morgan fingerprint density at radius 1 is 1.33 bits per heavy atom. The molecule has 1 aromatic rings. The number of carbonyl (C=O) groups is 1. The summed E-state index contributed by atoms with van der Waals surface area (Å²) in [5.41, 5.74) is 12.7. The van der Waals surface area contributed by atoms with E-state index in [9.17, 15) is 4.79 Å². The van der Waals surface area contributed by atoms with E-state index in [1.807, 2.05) is 13.8 Å². The van der Waals surface area contributed by atoms with E-state index in [4.69, 9.17) is 16.2 Å². The van der Waals surface area contributed by atoms with Crippen molar-refractivity contribution >= 4 is 17.3 Å². The molecule has 0 aromatic heterocycles. The first-order valence-electron chi connectivity index (χ1n) is 6.05. The molecular formula is C13H21N3O2. The van der Waals surface area contributed by atoms with Gasteiger partial charge in [0.05, 0.1) is 17.5 Å². The number of nitrogen functional groups attached to an aromatic ring is 2. The highest BCUT2D eigenvalue weighted by Gasteiger charge is 2.06. The number of anilines is 2. The summed E-state index contributed by atoms with van der Waals surface area (Å²) in [7, 11) is 0. The number of rotatable bonds is 6. The van der Waals surface area contributed by atoms with Crippen LogP contribution in [0, 0.1) is 0 Å². The molecule has 0 bridgehead atoms. The van der Waals surface area contributed by atoms with Crippen LogP contribution in [-0.4, -0.2) is 25.2 Å². The Balaban J connectivity index is 2.34. The molecule has 1 rings (SSSR count). The van der Waals surface area contributed by atoms with Gasteiger partial charge in [0.2, 0.25) is 0 Å². The van der Waals surface area contributed by atoms with E-state index < -0.39 is 0 Å². The van der Waals surface area contributed by atoms with Crippen LogP contribution in [-0.2, 0) is 4.74 Å². The van der Waals surface area contributed by atoms with Crippen molar-refractivity contribution in [1.29, 1.82) is 0 Å². The Labute approximate surface area is 107 Å². The fourth-order valence-corrected chi connectivity index (χ4v) is 1.41. The molecule has 0 saturated carbocycles. The lowest BCUT2D eigenvalue weighted by Gasteiger charge is -2.09.